The van der Waals surface area contributed by atoms with E-state index in [0.29, 0.717) is 9.99 Å². The summed E-state index contributed by atoms with van der Waals surface area (Å²) in [6.07, 6.45) is -1.23. The smallest absolute Gasteiger partial charge is 0.326 e. The van der Waals surface area contributed by atoms with Crippen LogP contribution < -0.4 is 0 Å². The van der Waals surface area contributed by atoms with E-state index in [9.17, 15) is 21.6 Å². The fourth-order valence-corrected chi connectivity index (χ4v) is 3.81. The van der Waals surface area contributed by atoms with Crippen LogP contribution in [0.1, 0.15) is 5.69 Å². The molecule has 0 saturated heterocycles. The number of pyridine rings is 2. The fraction of sp³-hybridized carbons (Fsp3) is 0.214. The summed E-state index contributed by atoms with van der Waals surface area (Å²) in [7, 11) is -2.12. The van der Waals surface area contributed by atoms with E-state index in [-0.39, 0.29) is 21.9 Å². The van der Waals surface area contributed by atoms with Crippen molar-refractivity contribution in [2.75, 3.05) is 6.26 Å². The van der Waals surface area contributed by atoms with E-state index in [2.05, 4.69) is 30.9 Å². The lowest BCUT2D eigenvalue weighted by Crippen LogP contribution is -2.07. The first-order chi connectivity index (χ1) is 11.5. The topological polar surface area (TPSA) is 77.7 Å². The third kappa shape index (κ3) is 3.13. The number of hydrogen-bond acceptors (Lipinski definition) is 5. The van der Waals surface area contributed by atoms with E-state index in [1.807, 2.05) is 0 Å². The maximum atomic E-state index is 12.8. The number of rotatable bonds is 2. The number of hydrogen-bond donors (Lipinski definition) is 0. The van der Waals surface area contributed by atoms with Gasteiger partial charge in [-0.15, -0.1) is 0 Å². The summed E-state index contributed by atoms with van der Waals surface area (Å²) in [5.41, 5.74) is -0.510. The maximum Gasteiger partial charge on any atom is 0.433 e. The predicted molar refractivity (Wildman–Crippen MR) is 87.6 cm³/mol. The largest absolute Gasteiger partial charge is 0.433 e. The molecule has 0 spiro atoms. The van der Waals surface area contributed by atoms with Gasteiger partial charge in [0.15, 0.2) is 14.9 Å². The molecule has 0 saturated carbocycles. The predicted octanol–water partition coefficient (Wildman–Crippen LogP) is 3.22. The zero-order chi connectivity index (χ0) is 18.6. The van der Waals surface area contributed by atoms with Gasteiger partial charge in [-0.3, -0.25) is 0 Å². The molecule has 0 fully saturated rings. The highest BCUT2D eigenvalue weighted by molar-refractivity contribution is 9.10. The van der Waals surface area contributed by atoms with Gasteiger partial charge in [-0.1, -0.05) is 0 Å². The van der Waals surface area contributed by atoms with Crippen LogP contribution in [0, 0.1) is 0 Å². The summed E-state index contributed by atoms with van der Waals surface area (Å²) in [4.78, 5) is 11.5. The molecule has 0 atom stereocenters. The Kier molecular flexibility index (Phi) is 4.11. The second-order valence-electron chi connectivity index (χ2n) is 5.30. The number of sulfone groups is 1. The number of fused-ring (bicyclic) bond motifs is 1. The average Bonchev–Trinajstić information content (AvgIpc) is 2.81. The molecule has 3 rings (SSSR count). The van der Waals surface area contributed by atoms with Gasteiger partial charge in [0.1, 0.15) is 11.5 Å². The quantitative estimate of drug-likeness (QED) is 0.618. The van der Waals surface area contributed by atoms with E-state index < -0.39 is 21.7 Å². The van der Waals surface area contributed by atoms with Gasteiger partial charge in [0.2, 0.25) is 0 Å². The normalized spacial score (nSPS) is 12.7. The molecule has 25 heavy (non-hydrogen) atoms. The molecule has 11 heteroatoms. The van der Waals surface area contributed by atoms with Crippen molar-refractivity contribution >= 4 is 36.8 Å². The van der Waals surface area contributed by atoms with E-state index in [1.165, 1.54) is 16.8 Å². The minimum atomic E-state index is -4.60. The molecule has 0 N–H and O–H groups in total. The highest BCUT2D eigenvalue weighted by Gasteiger charge is 2.33. The molecular weight excluding hydrogens is 425 g/mol. The molecule has 132 valence electrons. The highest BCUT2D eigenvalue weighted by atomic mass is 79.9. The Hall–Kier alpha value is -2.01. The Morgan fingerprint density at radius 3 is 2.52 bits per heavy atom. The zero-order valence-corrected chi connectivity index (χ0v) is 15.2. The third-order valence-corrected chi connectivity index (χ3v) is 5.17. The van der Waals surface area contributed by atoms with Crippen LogP contribution in [0.2, 0.25) is 0 Å². The van der Waals surface area contributed by atoms with Gasteiger partial charge in [0.25, 0.3) is 0 Å². The van der Waals surface area contributed by atoms with Gasteiger partial charge in [-0.05, 0) is 28.1 Å². The lowest BCUT2D eigenvalue weighted by molar-refractivity contribution is -0.141. The summed E-state index contributed by atoms with van der Waals surface area (Å²) in [6, 6.07) is 2.35. The first kappa shape index (κ1) is 17.8. The Morgan fingerprint density at radius 2 is 1.92 bits per heavy atom. The molecule has 3 aromatic heterocycles. The highest BCUT2D eigenvalue weighted by Crippen LogP contribution is 2.35. The molecule has 0 aliphatic heterocycles. The van der Waals surface area contributed by atoms with Gasteiger partial charge in [0.05, 0.1) is 22.8 Å². The summed E-state index contributed by atoms with van der Waals surface area (Å²) >= 11 is 3.26. The van der Waals surface area contributed by atoms with Crippen LogP contribution in [0.15, 0.2) is 34.0 Å². The van der Waals surface area contributed by atoms with E-state index in [1.54, 1.807) is 7.05 Å². The Morgan fingerprint density at radius 1 is 1.24 bits per heavy atom. The van der Waals surface area contributed by atoms with Gasteiger partial charge < -0.3 is 4.57 Å². The zero-order valence-electron chi connectivity index (χ0n) is 12.8. The molecule has 0 radical (unpaired) electrons. The molecule has 3 heterocycles. The summed E-state index contributed by atoms with van der Waals surface area (Å²) in [5.74, 6) is 0.163. The monoisotopic (exact) mass is 434 g/mol. The summed E-state index contributed by atoms with van der Waals surface area (Å²) in [6.45, 7) is 0. The van der Waals surface area contributed by atoms with Crippen molar-refractivity contribution in [3.63, 3.8) is 0 Å². The van der Waals surface area contributed by atoms with Crippen LogP contribution in [0.4, 0.5) is 13.2 Å². The van der Waals surface area contributed by atoms with Crippen molar-refractivity contribution in [3.05, 3.63) is 34.7 Å². The third-order valence-electron chi connectivity index (χ3n) is 3.50. The van der Waals surface area contributed by atoms with Crippen molar-refractivity contribution in [1.29, 1.82) is 0 Å². The van der Waals surface area contributed by atoms with Crippen LogP contribution in [0.25, 0.3) is 22.4 Å². The van der Waals surface area contributed by atoms with Crippen molar-refractivity contribution in [1.82, 2.24) is 19.5 Å². The minimum absolute atomic E-state index is 0.0510. The van der Waals surface area contributed by atoms with Gasteiger partial charge in [-0.25, -0.2) is 23.4 Å². The van der Waals surface area contributed by atoms with Crippen LogP contribution in [-0.2, 0) is 23.1 Å². The number of imidazole rings is 1. The van der Waals surface area contributed by atoms with E-state index >= 15 is 0 Å². The first-order valence-electron chi connectivity index (χ1n) is 6.74. The van der Waals surface area contributed by atoms with Crippen molar-refractivity contribution in [2.45, 2.75) is 11.2 Å². The van der Waals surface area contributed by atoms with Crippen molar-refractivity contribution in [3.8, 4) is 11.4 Å². The molecule has 0 bridgehead atoms. The van der Waals surface area contributed by atoms with Gasteiger partial charge in [0, 0.05) is 24.0 Å². The van der Waals surface area contributed by atoms with Crippen LogP contribution in [0.5, 0.6) is 0 Å². The van der Waals surface area contributed by atoms with Crippen LogP contribution in [-0.4, -0.2) is 34.2 Å². The van der Waals surface area contributed by atoms with E-state index in [0.717, 1.165) is 18.5 Å². The maximum absolute atomic E-state index is 12.8. The van der Waals surface area contributed by atoms with Crippen LogP contribution in [0.3, 0.4) is 0 Å². The second kappa shape index (κ2) is 5.77. The Labute approximate surface area is 148 Å². The Balaban J connectivity index is 2.33. The molecule has 6 nitrogen and oxygen atoms in total. The number of aryl methyl sites for hydroxylation is 1. The number of nitrogens with zero attached hydrogens (tertiary/aromatic N) is 4. The molecular formula is C14H10BrF3N4O2S. The van der Waals surface area contributed by atoms with Crippen molar-refractivity contribution < 1.29 is 21.6 Å². The first-order valence-corrected chi connectivity index (χ1v) is 9.43. The lowest BCUT2D eigenvalue weighted by Gasteiger charge is -2.09. The van der Waals surface area contributed by atoms with Crippen molar-refractivity contribution in [2.24, 2.45) is 7.05 Å². The molecule has 0 unspecified atom stereocenters. The summed E-state index contributed by atoms with van der Waals surface area (Å²) < 4.78 is 64.4. The molecule has 0 aromatic carbocycles. The SMILES string of the molecule is Cn1c(-c2c(Br)ccnc2S(C)(=O)=O)nc2cc(C(F)(F)F)ncc21. The lowest BCUT2D eigenvalue weighted by atomic mass is 10.2. The molecule has 0 amide bonds. The molecule has 3 aromatic rings. The fourth-order valence-electron chi connectivity index (χ4n) is 2.37. The molecule has 0 aliphatic carbocycles. The number of aromatic nitrogens is 4. The number of alkyl halides is 3. The second-order valence-corrected chi connectivity index (χ2v) is 8.08. The minimum Gasteiger partial charge on any atom is -0.326 e. The summed E-state index contributed by atoms with van der Waals surface area (Å²) in [5, 5.41) is -0.218. The van der Waals surface area contributed by atoms with Gasteiger partial charge in [-0.2, -0.15) is 13.2 Å². The average molecular weight is 435 g/mol. The molecule has 0 aliphatic rings. The van der Waals surface area contributed by atoms with Gasteiger partial charge >= 0.3 is 6.18 Å². The number of halogens is 4. The standard InChI is InChI=1S/C14H10BrF3N4O2S/c1-22-9-6-20-10(14(16,17)18)5-8(9)21-12(22)11-7(15)3-4-19-13(11)25(2,23)24/h3-6H,1-2H3. The van der Waals surface area contributed by atoms with Crippen LogP contribution >= 0.6 is 15.9 Å². The van der Waals surface area contributed by atoms with E-state index in [4.69, 9.17) is 0 Å². The Bertz CT molecular complexity index is 1090.